The molecule has 0 saturated heterocycles. The van der Waals surface area contributed by atoms with E-state index in [0.717, 1.165) is 11.3 Å². The molecule has 140 valence electrons. The minimum atomic E-state index is -0.550. The Morgan fingerprint density at radius 1 is 1.00 bits per heavy atom. The molecule has 5 heteroatoms. The highest BCUT2D eigenvalue weighted by atomic mass is 16.5. The van der Waals surface area contributed by atoms with E-state index in [1.165, 1.54) is 0 Å². The summed E-state index contributed by atoms with van der Waals surface area (Å²) in [5, 5.41) is 2.92. The zero-order chi connectivity index (χ0) is 18.9. The predicted molar refractivity (Wildman–Crippen MR) is 102 cm³/mol. The smallest absolute Gasteiger partial charge is 0.261 e. The predicted octanol–water partition coefficient (Wildman–Crippen LogP) is 3.96. The van der Waals surface area contributed by atoms with Crippen molar-refractivity contribution in [2.75, 3.05) is 7.11 Å². The lowest BCUT2D eigenvalue weighted by Crippen LogP contribution is -2.37. The van der Waals surface area contributed by atoms with Gasteiger partial charge in [0.15, 0.2) is 6.10 Å². The Labute approximate surface area is 155 Å². The highest BCUT2D eigenvalue weighted by Gasteiger charge is 2.18. The van der Waals surface area contributed by atoms with Crippen LogP contribution in [0.4, 0.5) is 0 Å². The fraction of sp³-hybridized carbons (Fsp3) is 0.381. The number of amides is 1. The van der Waals surface area contributed by atoms with Crippen molar-refractivity contribution in [2.45, 2.75) is 45.9 Å². The fourth-order valence-electron chi connectivity index (χ4n) is 2.42. The Kier molecular flexibility index (Phi) is 7.33. The van der Waals surface area contributed by atoms with Gasteiger partial charge in [-0.25, -0.2) is 0 Å². The molecular formula is C21H27NO4. The monoisotopic (exact) mass is 357 g/mol. The summed E-state index contributed by atoms with van der Waals surface area (Å²) in [6, 6.07) is 15.0. The third-order valence-corrected chi connectivity index (χ3v) is 3.74. The minimum absolute atomic E-state index is 0.139. The van der Waals surface area contributed by atoms with Crippen LogP contribution in [0.25, 0.3) is 0 Å². The van der Waals surface area contributed by atoms with Crippen LogP contribution in [0.15, 0.2) is 48.5 Å². The molecule has 0 aliphatic rings. The molecule has 0 bridgehead atoms. The number of carbonyl (C=O) groups is 1. The summed E-state index contributed by atoms with van der Waals surface area (Å²) in [4.78, 5) is 12.4. The van der Waals surface area contributed by atoms with Crippen LogP contribution < -0.4 is 19.5 Å². The molecule has 2 aromatic carbocycles. The highest BCUT2D eigenvalue weighted by molar-refractivity contribution is 5.81. The average molecular weight is 357 g/mol. The van der Waals surface area contributed by atoms with Crippen molar-refractivity contribution in [1.29, 1.82) is 0 Å². The first kappa shape index (κ1) is 19.6. The van der Waals surface area contributed by atoms with Crippen LogP contribution in [-0.4, -0.2) is 25.2 Å². The van der Waals surface area contributed by atoms with Crippen LogP contribution in [0, 0.1) is 0 Å². The first-order valence-electron chi connectivity index (χ1n) is 8.85. The molecule has 26 heavy (non-hydrogen) atoms. The van der Waals surface area contributed by atoms with Crippen molar-refractivity contribution in [3.05, 3.63) is 54.1 Å². The molecular weight excluding hydrogens is 330 g/mol. The Morgan fingerprint density at radius 2 is 1.69 bits per heavy atom. The van der Waals surface area contributed by atoms with Crippen molar-refractivity contribution in [2.24, 2.45) is 0 Å². The molecule has 0 aliphatic heterocycles. The van der Waals surface area contributed by atoms with E-state index < -0.39 is 6.10 Å². The maximum atomic E-state index is 12.4. The zero-order valence-corrected chi connectivity index (χ0v) is 15.8. The van der Waals surface area contributed by atoms with E-state index in [2.05, 4.69) is 5.32 Å². The van der Waals surface area contributed by atoms with Gasteiger partial charge in [-0.05, 0) is 50.1 Å². The number of ether oxygens (including phenoxy) is 3. The van der Waals surface area contributed by atoms with Gasteiger partial charge in [0.25, 0.3) is 5.91 Å². The number of rotatable bonds is 9. The maximum absolute atomic E-state index is 12.4. The van der Waals surface area contributed by atoms with Gasteiger partial charge >= 0.3 is 0 Å². The second kappa shape index (κ2) is 9.70. The highest BCUT2D eigenvalue weighted by Crippen LogP contribution is 2.21. The van der Waals surface area contributed by atoms with Crippen molar-refractivity contribution in [3.63, 3.8) is 0 Å². The number of hydrogen-bond acceptors (Lipinski definition) is 4. The molecule has 2 aromatic rings. The topological polar surface area (TPSA) is 56.8 Å². The van der Waals surface area contributed by atoms with E-state index in [4.69, 9.17) is 14.2 Å². The standard InChI is InChI=1S/C21H27NO4/c1-5-20(26-19-8-6-7-18(13-19)24-4)21(23)22-14-16-9-11-17(12-10-16)25-15(2)3/h6-13,15,20H,5,14H2,1-4H3,(H,22,23)/t20-/m1/s1. The molecule has 1 atom stereocenters. The lowest BCUT2D eigenvalue weighted by atomic mass is 10.2. The van der Waals surface area contributed by atoms with Gasteiger partial charge in [-0.3, -0.25) is 4.79 Å². The van der Waals surface area contributed by atoms with Gasteiger partial charge in [0.1, 0.15) is 17.2 Å². The molecule has 0 fully saturated rings. The molecule has 0 aliphatic carbocycles. The van der Waals surface area contributed by atoms with E-state index in [9.17, 15) is 4.79 Å². The summed E-state index contributed by atoms with van der Waals surface area (Å²) in [5.41, 5.74) is 1.01. The van der Waals surface area contributed by atoms with Crippen molar-refractivity contribution in [3.8, 4) is 17.2 Å². The summed E-state index contributed by atoms with van der Waals surface area (Å²) in [7, 11) is 1.60. The van der Waals surface area contributed by atoms with E-state index in [0.29, 0.717) is 24.5 Å². The van der Waals surface area contributed by atoms with Crippen LogP contribution in [0.2, 0.25) is 0 Å². The van der Waals surface area contributed by atoms with Gasteiger partial charge in [-0.2, -0.15) is 0 Å². The van der Waals surface area contributed by atoms with Gasteiger partial charge in [-0.1, -0.05) is 25.1 Å². The number of nitrogens with one attached hydrogen (secondary N) is 1. The van der Waals surface area contributed by atoms with E-state index in [1.807, 2.05) is 63.2 Å². The molecule has 0 aromatic heterocycles. The lowest BCUT2D eigenvalue weighted by Gasteiger charge is -2.18. The average Bonchev–Trinajstić information content (AvgIpc) is 2.65. The van der Waals surface area contributed by atoms with Gasteiger partial charge in [0.05, 0.1) is 13.2 Å². The largest absolute Gasteiger partial charge is 0.497 e. The Bertz CT molecular complexity index is 697. The van der Waals surface area contributed by atoms with Crippen molar-refractivity contribution >= 4 is 5.91 Å². The first-order chi connectivity index (χ1) is 12.5. The van der Waals surface area contributed by atoms with Gasteiger partial charge in [0, 0.05) is 12.6 Å². The lowest BCUT2D eigenvalue weighted by molar-refractivity contribution is -0.128. The van der Waals surface area contributed by atoms with Crippen LogP contribution in [-0.2, 0) is 11.3 Å². The van der Waals surface area contributed by atoms with Crippen molar-refractivity contribution < 1.29 is 19.0 Å². The van der Waals surface area contributed by atoms with E-state index >= 15 is 0 Å². The zero-order valence-electron chi connectivity index (χ0n) is 15.8. The number of benzene rings is 2. The van der Waals surface area contributed by atoms with Crippen LogP contribution >= 0.6 is 0 Å². The Hall–Kier alpha value is -2.69. The van der Waals surface area contributed by atoms with Gasteiger partial charge in [0.2, 0.25) is 0 Å². The third kappa shape index (κ3) is 5.99. The molecule has 0 unspecified atom stereocenters. The Balaban J connectivity index is 1.90. The van der Waals surface area contributed by atoms with Crippen molar-refractivity contribution in [1.82, 2.24) is 5.32 Å². The summed E-state index contributed by atoms with van der Waals surface area (Å²) in [5.74, 6) is 1.99. The maximum Gasteiger partial charge on any atom is 0.261 e. The molecule has 1 N–H and O–H groups in total. The number of carbonyl (C=O) groups excluding carboxylic acids is 1. The van der Waals surface area contributed by atoms with Gasteiger partial charge < -0.3 is 19.5 Å². The second-order valence-electron chi connectivity index (χ2n) is 6.22. The first-order valence-corrected chi connectivity index (χ1v) is 8.85. The summed E-state index contributed by atoms with van der Waals surface area (Å²) >= 11 is 0. The van der Waals surface area contributed by atoms with E-state index in [1.54, 1.807) is 13.2 Å². The SMILES string of the molecule is CC[C@@H](Oc1cccc(OC)c1)C(=O)NCc1ccc(OC(C)C)cc1. The molecule has 1 amide bonds. The molecule has 0 saturated carbocycles. The van der Waals surface area contributed by atoms with E-state index in [-0.39, 0.29) is 12.0 Å². The normalized spacial score (nSPS) is 11.7. The third-order valence-electron chi connectivity index (χ3n) is 3.74. The quantitative estimate of drug-likeness (QED) is 0.738. The number of methoxy groups -OCH3 is 1. The molecule has 2 rings (SSSR count). The van der Waals surface area contributed by atoms with Gasteiger partial charge in [-0.15, -0.1) is 0 Å². The summed E-state index contributed by atoms with van der Waals surface area (Å²) in [6.07, 6.45) is 0.162. The molecule has 0 radical (unpaired) electrons. The van der Waals surface area contributed by atoms with Crippen LogP contribution in [0.1, 0.15) is 32.8 Å². The molecule has 5 nitrogen and oxygen atoms in total. The number of hydrogen-bond donors (Lipinski definition) is 1. The van der Waals surface area contributed by atoms with Crippen LogP contribution in [0.5, 0.6) is 17.2 Å². The second-order valence-corrected chi connectivity index (χ2v) is 6.22. The molecule has 0 spiro atoms. The fourth-order valence-corrected chi connectivity index (χ4v) is 2.42. The minimum Gasteiger partial charge on any atom is -0.497 e. The molecule has 0 heterocycles. The van der Waals surface area contributed by atoms with Crippen LogP contribution in [0.3, 0.4) is 0 Å². The Morgan fingerprint density at radius 3 is 2.31 bits per heavy atom. The summed E-state index contributed by atoms with van der Waals surface area (Å²) in [6.45, 7) is 6.34. The summed E-state index contributed by atoms with van der Waals surface area (Å²) < 4.78 is 16.6.